The number of para-hydroxylation sites is 1. The van der Waals surface area contributed by atoms with Crippen molar-refractivity contribution in [3.05, 3.63) is 36.0 Å². The summed E-state index contributed by atoms with van der Waals surface area (Å²) in [5.41, 5.74) is 2.36. The second-order valence-corrected chi connectivity index (χ2v) is 6.05. The number of oxazole rings is 1. The van der Waals surface area contributed by atoms with Crippen LogP contribution in [-0.2, 0) is 12.8 Å². The van der Waals surface area contributed by atoms with Crippen LogP contribution in [0.25, 0.3) is 11.2 Å². The largest absolute Gasteiger partial charge is 0.493 e. The number of nitrogens with zero attached hydrogens (tertiary/aromatic N) is 3. The van der Waals surface area contributed by atoms with Gasteiger partial charge < -0.3 is 19.2 Å². The first-order valence-electron chi connectivity index (χ1n) is 8.41. The van der Waals surface area contributed by atoms with Crippen LogP contribution >= 0.6 is 0 Å². The summed E-state index contributed by atoms with van der Waals surface area (Å²) in [4.78, 5) is 12.9. The van der Waals surface area contributed by atoms with Gasteiger partial charge in [-0.1, -0.05) is 19.1 Å². The molecule has 0 spiro atoms. The summed E-state index contributed by atoms with van der Waals surface area (Å²) in [6.07, 6.45) is 3.14. The van der Waals surface area contributed by atoms with Crippen LogP contribution in [0.4, 0.5) is 5.82 Å². The molecule has 7 nitrogen and oxygen atoms in total. The van der Waals surface area contributed by atoms with E-state index < -0.39 is 0 Å². The number of fused-ring (bicyclic) bond motifs is 2. The molecule has 1 aliphatic heterocycles. The lowest BCUT2D eigenvalue weighted by Gasteiger charge is -2.26. The molecular formula is C18H20N4O3. The van der Waals surface area contributed by atoms with Gasteiger partial charge in [0.1, 0.15) is 6.33 Å². The molecule has 3 heterocycles. The zero-order valence-corrected chi connectivity index (χ0v) is 14.3. The van der Waals surface area contributed by atoms with Gasteiger partial charge in [0.25, 0.3) is 5.71 Å². The first-order valence-corrected chi connectivity index (χ1v) is 8.41. The van der Waals surface area contributed by atoms with Crippen LogP contribution in [0.15, 0.2) is 28.9 Å². The lowest BCUT2D eigenvalue weighted by atomic mass is 9.96. The van der Waals surface area contributed by atoms with E-state index in [1.807, 2.05) is 19.1 Å². The fourth-order valence-corrected chi connectivity index (χ4v) is 3.07. The molecule has 2 aromatic heterocycles. The molecular weight excluding hydrogens is 320 g/mol. The van der Waals surface area contributed by atoms with E-state index in [0.717, 1.165) is 30.9 Å². The van der Waals surface area contributed by atoms with Gasteiger partial charge in [0, 0.05) is 18.9 Å². The molecule has 7 heteroatoms. The maximum Gasteiger partial charge on any atom is 0.252 e. The van der Waals surface area contributed by atoms with Crippen LogP contribution in [0.3, 0.4) is 0 Å². The van der Waals surface area contributed by atoms with E-state index in [0.29, 0.717) is 35.5 Å². The van der Waals surface area contributed by atoms with E-state index >= 15 is 0 Å². The Kier molecular flexibility index (Phi) is 4.13. The number of aromatic nitrogens is 3. The van der Waals surface area contributed by atoms with Crippen LogP contribution in [0.2, 0.25) is 0 Å². The molecule has 0 bridgehead atoms. The number of ether oxygens (including phenoxy) is 2. The third-order valence-corrected chi connectivity index (χ3v) is 4.35. The van der Waals surface area contributed by atoms with Crippen molar-refractivity contribution in [2.45, 2.75) is 19.8 Å². The molecule has 130 valence electrons. The highest BCUT2D eigenvalue weighted by Crippen LogP contribution is 2.36. The Morgan fingerprint density at radius 3 is 3.08 bits per heavy atom. The lowest BCUT2D eigenvalue weighted by molar-refractivity contribution is 0.218. The van der Waals surface area contributed by atoms with Gasteiger partial charge in [-0.15, -0.1) is 0 Å². The Balaban J connectivity index is 1.48. The highest BCUT2D eigenvalue weighted by molar-refractivity contribution is 5.80. The van der Waals surface area contributed by atoms with E-state index in [9.17, 15) is 0 Å². The topological polar surface area (TPSA) is 82.3 Å². The molecule has 0 saturated carbocycles. The Morgan fingerprint density at radius 1 is 1.32 bits per heavy atom. The molecule has 1 aliphatic rings. The van der Waals surface area contributed by atoms with Gasteiger partial charge in [-0.05, 0) is 18.1 Å². The fraction of sp³-hybridized carbons (Fsp3) is 0.389. The average molecular weight is 340 g/mol. The third kappa shape index (κ3) is 2.97. The summed E-state index contributed by atoms with van der Waals surface area (Å²) in [7, 11) is 1.66. The van der Waals surface area contributed by atoms with E-state index in [1.54, 1.807) is 7.11 Å². The monoisotopic (exact) mass is 340 g/mol. The number of nitrogens with one attached hydrogen (secondary N) is 1. The second kappa shape index (κ2) is 6.58. The molecule has 0 aliphatic carbocycles. The minimum absolute atomic E-state index is 0.335. The van der Waals surface area contributed by atoms with E-state index in [1.165, 1.54) is 11.9 Å². The Bertz CT molecular complexity index is 893. The van der Waals surface area contributed by atoms with Crippen LogP contribution in [0.5, 0.6) is 11.5 Å². The van der Waals surface area contributed by atoms with Crippen molar-refractivity contribution >= 4 is 17.0 Å². The SMILES string of the molecule is CCc1nc2c(NCC3COc4c(cccc4OC)C3)ncnc2o1. The van der Waals surface area contributed by atoms with Gasteiger partial charge in [-0.25, -0.2) is 9.97 Å². The number of benzene rings is 1. The third-order valence-electron chi connectivity index (χ3n) is 4.35. The molecule has 1 atom stereocenters. The van der Waals surface area contributed by atoms with Gasteiger partial charge in [0.05, 0.1) is 13.7 Å². The Hall–Kier alpha value is -2.83. The van der Waals surface area contributed by atoms with Crippen molar-refractivity contribution in [1.82, 2.24) is 15.0 Å². The summed E-state index contributed by atoms with van der Waals surface area (Å²) >= 11 is 0. The summed E-state index contributed by atoms with van der Waals surface area (Å²) in [5, 5.41) is 3.37. The molecule has 1 aromatic carbocycles. The zero-order valence-electron chi connectivity index (χ0n) is 14.3. The van der Waals surface area contributed by atoms with Crippen LogP contribution in [-0.4, -0.2) is 35.2 Å². The molecule has 0 radical (unpaired) electrons. The predicted molar refractivity (Wildman–Crippen MR) is 93.1 cm³/mol. The van der Waals surface area contributed by atoms with Crippen molar-refractivity contribution < 1.29 is 13.9 Å². The van der Waals surface area contributed by atoms with Crippen molar-refractivity contribution in [2.24, 2.45) is 5.92 Å². The van der Waals surface area contributed by atoms with Gasteiger partial charge in [-0.3, -0.25) is 0 Å². The Labute approximate surface area is 145 Å². The minimum atomic E-state index is 0.335. The molecule has 0 fully saturated rings. The molecule has 0 amide bonds. The quantitative estimate of drug-likeness (QED) is 0.764. The second-order valence-electron chi connectivity index (χ2n) is 6.05. The van der Waals surface area contributed by atoms with Crippen LogP contribution < -0.4 is 14.8 Å². The maximum atomic E-state index is 5.92. The maximum absolute atomic E-state index is 5.92. The van der Waals surface area contributed by atoms with Gasteiger partial charge >= 0.3 is 0 Å². The Morgan fingerprint density at radius 2 is 2.24 bits per heavy atom. The first kappa shape index (κ1) is 15.7. The van der Waals surface area contributed by atoms with Crippen molar-refractivity contribution in [1.29, 1.82) is 0 Å². The number of methoxy groups -OCH3 is 1. The van der Waals surface area contributed by atoms with Gasteiger partial charge in [0.2, 0.25) is 0 Å². The van der Waals surface area contributed by atoms with Crippen LogP contribution in [0.1, 0.15) is 18.4 Å². The summed E-state index contributed by atoms with van der Waals surface area (Å²) < 4.78 is 16.9. The molecule has 0 saturated heterocycles. The van der Waals surface area contributed by atoms with E-state index in [2.05, 4.69) is 26.3 Å². The number of rotatable bonds is 5. The first-order chi connectivity index (χ1) is 12.3. The van der Waals surface area contributed by atoms with Crippen molar-refractivity contribution in [3.63, 3.8) is 0 Å². The average Bonchev–Trinajstić information content (AvgIpc) is 3.09. The van der Waals surface area contributed by atoms with Gasteiger partial charge in [0.15, 0.2) is 28.7 Å². The van der Waals surface area contributed by atoms with Crippen molar-refractivity contribution in [2.75, 3.05) is 25.6 Å². The summed E-state index contributed by atoms with van der Waals surface area (Å²) in [6.45, 7) is 3.36. The minimum Gasteiger partial charge on any atom is -0.493 e. The molecule has 25 heavy (non-hydrogen) atoms. The normalized spacial score (nSPS) is 16.3. The number of hydrogen-bond donors (Lipinski definition) is 1. The summed E-state index contributed by atoms with van der Waals surface area (Å²) in [5.74, 6) is 3.35. The fourth-order valence-electron chi connectivity index (χ4n) is 3.07. The van der Waals surface area contributed by atoms with Crippen LogP contribution in [0, 0.1) is 5.92 Å². The van der Waals surface area contributed by atoms with E-state index in [-0.39, 0.29) is 0 Å². The number of anilines is 1. The molecule has 4 rings (SSSR count). The number of aryl methyl sites for hydroxylation is 1. The molecule has 3 aromatic rings. The van der Waals surface area contributed by atoms with Gasteiger partial charge in [-0.2, -0.15) is 4.98 Å². The zero-order chi connectivity index (χ0) is 17.2. The smallest absolute Gasteiger partial charge is 0.252 e. The lowest BCUT2D eigenvalue weighted by Crippen LogP contribution is -2.27. The highest BCUT2D eigenvalue weighted by Gasteiger charge is 2.23. The number of hydrogen-bond acceptors (Lipinski definition) is 7. The molecule has 1 N–H and O–H groups in total. The van der Waals surface area contributed by atoms with E-state index in [4.69, 9.17) is 13.9 Å². The molecule has 1 unspecified atom stereocenters. The highest BCUT2D eigenvalue weighted by atomic mass is 16.5. The summed E-state index contributed by atoms with van der Waals surface area (Å²) in [6, 6.07) is 6.00. The predicted octanol–water partition coefficient (Wildman–Crippen LogP) is 2.85. The van der Waals surface area contributed by atoms with Crippen molar-refractivity contribution in [3.8, 4) is 11.5 Å². The standard InChI is InChI=1S/C18H20N4O3/c1-3-14-22-15-17(20-10-21-18(15)25-14)19-8-11-7-12-5-4-6-13(23-2)16(12)24-9-11/h4-6,10-11H,3,7-9H2,1-2H3,(H,19,20,21).